The van der Waals surface area contributed by atoms with Crippen LogP contribution in [-0.4, -0.2) is 9.97 Å². The number of nitrogen functional groups attached to an aromatic ring is 1. The van der Waals surface area contributed by atoms with Crippen LogP contribution in [0.4, 0.5) is 5.95 Å². The molecule has 2 N–H and O–H groups in total. The van der Waals surface area contributed by atoms with E-state index >= 15 is 0 Å². The van der Waals surface area contributed by atoms with Crippen molar-refractivity contribution in [2.45, 2.75) is 23.8 Å². The van der Waals surface area contributed by atoms with Gasteiger partial charge in [0.05, 0.1) is 0 Å². The molecule has 0 spiro atoms. The highest BCUT2D eigenvalue weighted by molar-refractivity contribution is 7.99. The number of hydrogen-bond donors (Lipinski definition) is 1. The Labute approximate surface area is 119 Å². The van der Waals surface area contributed by atoms with Crippen LogP contribution in [-0.2, 0) is 0 Å². The van der Waals surface area contributed by atoms with E-state index in [9.17, 15) is 0 Å². The van der Waals surface area contributed by atoms with E-state index in [2.05, 4.69) is 42.0 Å². The quantitative estimate of drug-likeness (QED) is 0.723. The van der Waals surface area contributed by atoms with E-state index in [0.29, 0.717) is 5.95 Å². The highest BCUT2D eigenvalue weighted by Gasteiger charge is 2.11. The topological polar surface area (TPSA) is 51.8 Å². The Hall–Kier alpha value is -1.59. The van der Waals surface area contributed by atoms with Gasteiger partial charge in [-0.25, -0.2) is 9.97 Å². The molecule has 3 rings (SSSR count). The molecule has 0 atom stereocenters. The van der Waals surface area contributed by atoms with Crippen LogP contribution in [0.5, 0.6) is 0 Å². The van der Waals surface area contributed by atoms with Gasteiger partial charge in [-0.2, -0.15) is 0 Å². The minimum absolute atomic E-state index is 0.338. The number of thiophene rings is 1. The highest BCUT2D eigenvalue weighted by Crippen LogP contribution is 2.36. The number of benzene rings is 1. The van der Waals surface area contributed by atoms with Crippen LogP contribution in [0.25, 0.3) is 10.2 Å². The summed E-state index contributed by atoms with van der Waals surface area (Å²) in [5, 5.41) is 2.02. The maximum Gasteiger partial charge on any atom is 0.222 e. The molecule has 0 amide bonds. The predicted octanol–water partition coefficient (Wildman–Crippen LogP) is 4.04. The van der Waals surface area contributed by atoms with Crippen molar-refractivity contribution in [2.75, 3.05) is 5.73 Å². The normalized spacial score (nSPS) is 11.1. The molecule has 0 aliphatic heterocycles. The fourth-order valence-corrected chi connectivity index (χ4v) is 3.82. The fourth-order valence-electron chi connectivity index (χ4n) is 1.88. The average Bonchev–Trinajstić information content (AvgIpc) is 2.72. The van der Waals surface area contributed by atoms with Crippen molar-refractivity contribution < 1.29 is 0 Å². The molecule has 0 aliphatic carbocycles. The zero-order chi connectivity index (χ0) is 13.4. The van der Waals surface area contributed by atoms with Gasteiger partial charge in [-0.1, -0.05) is 30.0 Å². The van der Waals surface area contributed by atoms with E-state index in [1.807, 2.05) is 12.1 Å². The van der Waals surface area contributed by atoms with Crippen molar-refractivity contribution in [1.82, 2.24) is 9.97 Å². The second kappa shape index (κ2) is 4.83. The monoisotopic (exact) mass is 287 g/mol. The minimum atomic E-state index is 0.338. The third kappa shape index (κ3) is 2.43. The van der Waals surface area contributed by atoms with Gasteiger partial charge in [0.1, 0.15) is 9.86 Å². The zero-order valence-electron chi connectivity index (χ0n) is 10.7. The number of nitrogens with two attached hydrogens (primary N) is 1. The van der Waals surface area contributed by atoms with E-state index in [1.54, 1.807) is 23.1 Å². The van der Waals surface area contributed by atoms with Crippen molar-refractivity contribution in [3.63, 3.8) is 0 Å². The van der Waals surface area contributed by atoms with Gasteiger partial charge in [0, 0.05) is 15.2 Å². The summed E-state index contributed by atoms with van der Waals surface area (Å²) in [4.78, 5) is 12.1. The SMILES string of the molecule is Cc1cc2c(Sc3ccccc3C)nc(N)nc2s1. The molecule has 5 heteroatoms. The number of aromatic nitrogens is 2. The summed E-state index contributed by atoms with van der Waals surface area (Å²) in [6.07, 6.45) is 0. The number of rotatable bonds is 2. The number of hydrogen-bond acceptors (Lipinski definition) is 5. The highest BCUT2D eigenvalue weighted by atomic mass is 32.2. The molecule has 0 saturated heterocycles. The molecule has 0 saturated carbocycles. The van der Waals surface area contributed by atoms with Crippen LogP contribution in [0.1, 0.15) is 10.4 Å². The predicted molar refractivity (Wildman–Crippen MR) is 81.9 cm³/mol. The van der Waals surface area contributed by atoms with Crippen molar-refractivity contribution in [1.29, 1.82) is 0 Å². The van der Waals surface area contributed by atoms with Crippen molar-refractivity contribution in [3.8, 4) is 0 Å². The first-order valence-electron chi connectivity index (χ1n) is 5.90. The molecule has 19 heavy (non-hydrogen) atoms. The maximum atomic E-state index is 5.80. The lowest BCUT2D eigenvalue weighted by molar-refractivity contribution is 1.12. The second-order valence-electron chi connectivity index (χ2n) is 4.33. The van der Waals surface area contributed by atoms with Gasteiger partial charge in [-0.05, 0) is 31.5 Å². The van der Waals surface area contributed by atoms with E-state index in [4.69, 9.17) is 5.73 Å². The van der Waals surface area contributed by atoms with Crippen LogP contribution in [0.3, 0.4) is 0 Å². The van der Waals surface area contributed by atoms with Crippen molar-refractivity contribution in [2.24, 2.45) is 0 Å². The number of anilines is 1. The van der Waals surface area contributed by atoms with E-state index in [1.165, 1.54) is 15.3 Å². The molecule has 0 unspecified atom stereocenters. The molecule has 0 radical (unpaired) electrons. The molecule has 1 aromatic carbocycles. The summed E-state index contributed by atoms with van der Waals surface area (Å²) >= 11 is 3.30. The Morgan fingerprint density at radius 2 is 1.95 bits per heavy atom. The largest absolute Gasteiger partial charge is 0.368 e. The summed E-state index contributed by atoms with van der Waals surface area (Å²) in [5.74, 6) is 0.338. The van der Waals surface area contributed by atoms with Gasteiger partial charge in [0.15, 0.2) is 0 Å². The van der Waals surface area contributed by atoms with Gasteiger partial charge in [0.2, 0.25) is 5.95 Å². The molecule has 3 aromatic rings. The van der Waals surface area contributed by atoms with Crippen molar-refractivity contribution in [3.05, 3.63) is 40.8 Å². The summed E-state index contributed by atoms with van der Waals surface area (Å²) in [6, 6.07) is 10.4. The Morgan fingerprint density at radius 3 is 2.74 bits per heavy atom. The van der Waals surface area contributed by atoms with Crippen LogP contribution in [0, 0.1) is 13.8 Å². The first kappa shape index (κ1) is 12.4. The average molecular weight is 287 g/mol. The lowest BCUT2D eigenvalue weighted by atomic mass is 10.2. The standard InChI is InChI=1S/C14H13N3S2/c1-8-5-3-4-6-11(8)19-13-10-7-9(2)18-12(10)16-14(15)17-13/h3-7H,1-2H3,(H2,15,16,17). The Balaban J connectivity index is 2.12. The van der Waals surface area contributed by atoms with Crippen molar-refractivity contribution >= 4 is 39.3 Å². The Kier molecular flexibility index (Phi) is 3.16. The van der Waals surface area contributed by atoms with Gasteiger partial charge in [-0.15, -0.1) is 11.3 Å². The van der Waals surface area contributed by atoms with E-state index in [-0.39, 0.29) is 0 Å². The zero-order valence-corrected chi connectivity index (χ0v) is 12.3. The third-order valence-electron chi connectivity index (χ3n) is 2.80. The molecule has 0 bridgehead atoms. The lowest BCUT2D eigenvalue weighted by Crippen LogP contribution is -1.95. The van der Waals surface area contributed by atoms with E-state index < -0.39 is 0 Å². The first-order chi connectivity index (χ1) is 9.13. The molecular weight excluding hydrogens is 274 g/mol. The minimum Gasteiger partial charge on any atom is -0.368 e. The van der Waals surface area contributed by atoms with Gasteiger partial charge < -0.3 is 5.73 Å². The molecule has 2 aromatic heterocycles. The Morgan fingerprint density at radius 1 is 1.16 bits per heavy atom. The summed E-state index contributed by atoms with van der Waals surface area (Å²) in [7, 11) is 0. The molecule has 3 nitrogen and oxygen atoms in total. The summed E-state index contributed by atoms with van der Waals surface area (Å²) in [5.41, 5.74) is 7.04. The fraction of sp³-hybridized carbons (Fsp3) is 0.143. The molecule has 0 aliphatic rings. The van der Waals surface area contributed by atoms with E-state index in [0.717, 1.165) is 15.2 Å². The number of nitrogens with zero attached hydrogens (tertiary/aromatic N) is 2. The maximum absolute atomic E-state index is 5.80. The van der Waals surface area contributed by atoms with Crippen LogP contribution < -0.4 is 5.73 Å². The van der Waals surface area contributed by atoms with Gasteiger partial charge in [-0.3, -0.25) is 0 Å². The second-order valence-corrected chi connectivity index (χ2v) is 6.60. The third-order valence-corrected chi connectivity index (χ3v) is 4.93. The first-order valence-corrected chi connectivity index (χ1v) is 7.54. The lowest BCUT2D eigenvalue weighted by Gasteiger charge is -2.06. The smallest absolute Gasteiger partial charge is 0.222 e. The van der Waals surface area contributed by atoms with Crippen LogP contribution in [0.15, 0.2) is 40.3 Å². The number of aryl methyl sites for hydroxylation is 2. The van der Waals surface area contributed by atoms with Gasteiger partial charge in [0.25, 0.3) is 0 Å². The molecule has 2 heterocycles. The summed E-state index contributed by atoms with van der Waals surface area (Å²) < 4.78 is 0. The Bertz CT molecular complexity index is 750. The van der Waals surface area contributed by atoms with Crippen LogP contribution in [0.2, 0.25) is 0 Å². The molecule has 96 valence electrons. The van der Waals surface area contributed by atoms with Crippen LogP contribution >= 0.6 is 23.1 Å². The number of fused-ring (bicyclic) bond motifs is 1. The molecule has 0 fully saturated rings. The van der Waals surface area contributed by atoms with Gasteiger partial charge >= 0.3 is 0 Å². The molecular formula is C14H13N3S2. The summed E-state index contributed by atoms with van der Waals surface area (Å²) in [6.45, 7) is 4.17.